The van der Waals surface area contributed by atoms with Crippen LogP contribution in [0.2, 0.25) is 0 Å². The van der Waals surface area contributed by atoms with E-state index in [1.165, 1.54) is 12.1 Å². The van der Waals surface area contributed by atoms with Crippen LogP contribution >= 0.6 is 15.9 Å². The Hall–Kier alpha value is -0.980. The molecule has 0 atom stereocenters. The van der Waals surface area contributed by atoms with Gasteiger partial charge in [-0.25, -0.2) is 4.39 Å². The maximum Gasteiger partial charge on any atom is 0.251 e. The Labute approximate surface area is 120 Å². The zero-order chi connectivity index (χ0) is 14.1. The first-order valence-electron chi connectivity index (χ1n) is 5.95. The summed E-state index contributed by atoms with van der Waals surface area (Å²) in [6.07, 6.45) is 0.703. The highest BCUT2D eigenvalue weighted by atomic mass is 79.9. The van der Waals surface area contributed by atoms with E-state index in [-0.39, 0.29) is 5.91 Å². The Morgan fingerprint density at radius 1 is 1.37 bits per heavy atom. The van der Waals surface area contributed by atoms with Crippen molar-refractivity contribution in [2.75, 3.05) is 33.5 Å². The maximum atomic E-state index is 13.2. The van der Waals surface area contributed by atoms with E-state index in [4.69, 9.17) is 9.47 Å². The lowest BCUT2D eigenvalue weighted by atomic mass is 10.2. The van der Waals surface area contributed by atoms with Crippen LogP contribution in [-0.4, -0.2) is 39.4 Å². The van der Waals surface area contributed by atoms with Crippen LogP contribution in [-0.2, 0) is 9.47 Å². The Bertz CT molecular complexity index is 415. The number of rotatable bonds is 8. The summed E-state index contributed by atoms with van der Waals surface area (Å²) in [5.74, 6) is -0.737. The monoisotopic (exact) mass is 333 g/mol. The number of halogens is 2. The second kappa shape index (κ2) is 9.01. The number of methoxy groups -OCH3 is 1. The van der Waals surface area contributed by atoms with Crippen molar-refractivity contribution in [3.8, 4) is 0 Å². The molecular formula is C13H17BrFNO3. The minimum atomic E-state index is -0.449. The fourth-order valence-electron chi connectivity index (χ4n) is 1.36. The van der Waals surface area contributed by atoms with Gasteiger partial charge in [-0.05, 0) is 40.5 Å². The minimum Gasteiger partial charge on any atom is -0.382 e. The molecule has 1 rings (SSSR count). The van der Waals surface area contributed by atoms with Gasteiger partial charge in [-0.1, -0.05) is 0 Å². The van der Waals surface area contributed by atoms with Crippen LogP contribution < -0.4 is 5.32 Å². The van der Waals surface area contributed by atoms with E-state index in [0.29, 0.717) is 42.8 Å². The number of carbonyl (C=O) groups is 1. The summed E-state index contributed by atoms with van der Waals surface area (Å²) in [6, 6.07) is 4.28. The molecule has 0 aliphatic carbocycles. The minimum absolute atomic E-state index is 0.289. The van der Waals surface area contributed by atoms with Gasteiger partial charge in [0.15, 0.2) is 0 Å². The first-order chi connectivity index (χ1) is 9.15. The summed E-state index contributed by atoms with van der Waals surface area (Å²) in [4.78, 5) is 11.7. The zero-order valence-corrected chi connectivity index (χ0v) is 12.3. The average molecular weight is 334 g/mol. The van der Waals surface area contributed by atoms with Crippen LogP contribution in [0, 0.1) is 5.82 Å². The van der Waals surface area contributed by atoms with Crippen LogP contribution in [0.3, 0.4) is 0 Å². The van der Waals surface area contributed by atoms with Crippen molar-refractivity contribution in [2.45, 2.75) is 6.42 Å². The lowest BCUT2D eigenvalue weighted by Crippen LogP contribution is -2.25. The number of hydrogen-bond donors (Lipinski definition) is 1. The second-order valence-corrected chi connectivity index (χ2v) is 4.70. The van der Waals surface area contributed by atoms with Gasteiger partial charge in [-0.3, -0.25) is 4.79 Å². The molecule has 19 heavy (non-hydrogen) atoms. The van der Waals surface area contributed by atoms with Gasteiger partial charge in [0.1, 0.15) is 5.82 Å². The normalized spacial score (nSPS) is 10.5. The quantitative estimate of drug-likeness (QED) is 0.743. The summed E-state index contributed by atoms with van der Waals surface area (Å²) in [5.41, 5.74) is 0.306. The molecule has 0 saturated heterocycles. The van der Waals surface area contributed by atoms with Crippen molar-refractivity contribution in [1.82, 2.24) is 5.32 Å². The molecule has 1 N–H and O–H groups in total. The van der Waals surface area contributed by atoms with E-state index in [0.717, 1.165) is 0 Å². The van der Waals surface area contributed by atoms with Gasteiger partial charge in [0, 0.05) is 25.8 Å². The molecule has 1 aromatic carbocycles. The summed E-state index contributed by atoms with van der Waals surface area (Å²) in [5, 5.41) is 2.70. The highest BCUT2D eigenvalue weighted by Crippen LogP contribution is 2.16. The van der Waals surface area contributed by atoms with E-state index >= 15 is 0 Å². The number of amides is 1. The molecular weight excluding hydrogens is 317 g/mol. The third kappa shape index (κ3) is 6.13. The smallest absolute Gasteiger partial charge is 0.251 e. The number of hydrogen-bond acceptors (Lipinski definition) is 3. The van der Waals surface area contributed by atoms with Gasteiger partial charge in [0.25, 0.3) is 5.91 Å². The molecule has 0 aliphatic heterocycles. The molecule has 0 bridgehead atoms. The molecule has 6 heteroatoms. The van der Waals surface area contributed by atoms with Crippen molar-refractivity contribution in [1.29, 1.82) is 0 Å². The first-order valence-corrected chi connectivity index (χ1v) is 6.74. The van der Waals surface area contributed by atoms with Crippen LogP contribution in [0.25, 0.3) is 0 Å². The van der Waals surface area contributed by atoms with Gasteiger partial charge in [-0.15, -0.1) is 0 Å². The summed E-state index contributed by atoms with van der Waals surface area (Å²) < 4.78 is 23.7. The molecule has 0 aromatic heterocycles. The third-order valence-corrected chi connectivity index (χ3v) is 3.01. The number of benzene rings is 1. The first kappa shape index (κ1) is 16.1. The van der Waals surface area contributed by atoms with Gasteiger partial charge in [0.2, 0.25) is 0 Å². The highest BCUT2D eigenvalue weighted by Gasteiger charge is 2.07. The Morgan fingerprint density at radius 3 is 2.84 bits per heavy atom. The molecule has 0 heterocycles. The lowest BCUT2D eigenvalue weighted by molar-refractivity contribution is 0.0688. The molecule has 0 unspecified atom stereocenters. The molecule has 0 aliphatic rings. The van der Waals surface area contributed by atoms with E-state index in [2.05, 4.69) is 21.2 Å². The van der Waals surface area contributed by atoms with Crippen LogP contribution in [0.5, 0.6) is 0 Å². The van der Waals surface area contributed by atoms with Crippen molar-refractivity contribution in [3.05, 3.63) is 34.1 Å². The molecule has 0 fully saturated rings. The van der Waals surface area contributed by atoms with Gasteiger partial charge in [-0.2, -0.15) is 0 Å². The van der Waals surface area contributed by atoms with E-state index in [1.54, 1.807) is 13.2 Å². The molecule has 1 amide bonds. The van der Waals surface area contributed by atoms with Crippen molar-refractivity contribution in [2.24, 2.45) is 0 Å². The van der Waals surface area contributed by atoms with Crippen molar-refractivity contribution in [3.63, 3.8) is 0 Å². The van der Waals surface area contributed by atoms with Crippen LogP contribution in [0.4, 0.5) is 4.39 Å². The maximum absolute atomic E-state index is 13.2. The molecule has 0 spiro atoms. The van der Waals surface area contributed by atoms with E-state index in [1.807, 2.05) is 0 Å². The number of ether oxygens (including phenoxy) is 2. The molecule has 106 valence electrons. The van der Waals surface area contributed by atoms with Crippen LogP contribution in [0.15, 0.2) is 22.7 Å². The van der Waals surface area contributed by atoms with Crippen molar-refractivity contribution < 1.29 is 18.7 Å². The van der Waals surface area contributed by atoms with E-state index < -0.39 is 5.82 Å². The zero-order valence-electron chi connectivity index (χ0n) is 10.7. The predicted molar refractivity (Wildman–Crippen MR) is 73.7 cm³/mol. The number of carbonyl (C=O) groups excluding carboxylic acids is 1. The SMILES string of the molecule is COCCOCCCNC(=O)c1ccc(Br)c(F)c1. The average Bonchev–Trinajstić information content (AvgIpc) is 2.40. The standard InChI is InChI=1S/C13H17BrFNO3/c1-18-7-8-19-6-2-5-16-13(17)10-3-4-11(14)12(15)9-10/h3-4,9H,2,5-8H2,1H3,(H,16,17). The molecule has 0 saturated carbocycles. The van der Waals surface area contributed by atoms with E-state index in [9.17, 15) is 9.18 Å². The summed E-state index contributed by atoms with van der Waals surface area (Å²) in [7, 11) is 1.61. The highest BCUT2D eigenvalue weighted by molar-refractivity contribution is 9.10. The Morgan fingerprint density at radius 2 is 2.16 bits per heavy atom. The Kier molecular flexibility index (Phi) is 7.62. The lowest BCUT2D eigenvalue weighted by Gasteiger charge is -2.06. The fourth-order valence-corrected chi connectivity index (χ4v) is 1.61. The summed E-state index contributed by atoms with van der Waals surface area (Å²) >= 11 is 3.04. The topological polar surface area (TPSA) is 47.6 Å². The second-order valence-electron chi connectivity index (χ2n) is 3.84. The van der Waals surface area contributed by atoms with Crippen LogP contribution in [0.1, 0.15) is 16.8 Å². The number of nitrogens with one attached hydrogen (secondary N) is 1. The molecule has 0 radical (unpaired) electrons. The van der Waals surface area contributed by atoms with Crippen molar-refractivity contribution >= 4 is 21.8 Å². The Balaban J connectivity index is 2.22. The summed E-state index contributed by atoms with van der Waals surface area (Å²) in [6.45, 7) is 2.15. The van der Waals surface area contributed by atoms with Gasteiger partial charge in [0.05, 0.1) is 17.7 Å². The predicted octanol–water partition coefficient (Wildman–Crippen LogP) is 2.37. The molecule has 4 nitrogen and oxygen atoms in total. The van der Waals surface area contributed by atoms with Gasteiger partial charge >= 0.3 is 0 Å². The molecule has 1 aromatic rings. The largest absolute Gasteiger partial charge is 0.382 e. The third-order valence-electron chi connectivity index (χ3n) is 2.36. The fraction of sp³-hybridized carbons (Fsp3) is 0.462. The van der Waals surface area contributed by atoms with Gasteiger partial charge < -0.3 is 14.8 Å².